The zero-order valence-corrected chi connectivity index (χ0v) is 22.1. The van der Waals surface area contributed by atoms with Gasteiger partial charge in [-0.05, 0) is 55.0 Å². The van der Waals surface area contributed by atoms with Gasteiger partial charge in [-0.15, -0.1) is 0 Å². The second-order valence-corrected chi connectivity index (χ2v) is 10.5. The van der Waals surface area contributed by atoms with Crippen molar-refractivity contribution < 1.29 is 14.3 Å². The Hall–Kier alpha value is -3.32. The van der Waals surface area contributed by atoms with Crippen LogP contribution in [0.2, 0.25) is 5.02 Å². The summed E-state index contributed by atoms with van der Waals surface area (Å²) in [5, 5.41) is 7.38. The van der Waals surface area contributed by atoms with E-state index in [1.54, 1.807) is 23.2 Å². The van der Waals surface area contributed by atoms with Crippen LogP contribution in [0.4, 0.5) is 0 Å². The molecule has 1 aliphatic heterocycles. The first kappa shape index (κ1) is 26.7. The Morgan fingerprint density at radius 2 is 2.00 bits per heavy atom. The fraction of sp³-hybridized carbons (Fsp3) is 0.414. The molecule has 3 aromatic rings. The summed E-state index contributed by atoms with van der Waals surface area (Å²) in [4.78, 5) is 30.2. The minimum absolute atomic E-state index is 0.0489. The lowest BCUT2D eigenvalue weighted by Gasteiger charge is -2.43. The van der Waals surface area contributed by atoms with Crippen molar-refractivity contribution in [3.8, 4) is 5.75 Å². The van der Waals surface area contributed by atoms with E-state index in [2.05, 4.69) is 10.2 Å². The lowest BCUT2D eigenvalue weighted by atomic mass is 9.77. The van der Waals surface area contributed by atoms with Crippen LogP contribution in [-0.2, 0) is 22.6 Å². The number of piperidine rings is 1. The van der Waals surface area contributed by atoms with Gasteiger partial charge in [0.2, 0.25) is 11.8 Å². The first-order valence-corrected chi connectivity index (χ1v) is 13.2. The zero-order valence-electron chi connectivity index (χ0n) is 21.4. The van der Waals surface area contributed by atoms with Crippen molar-refractivity contribution in [1.29, 1.82) is 0 Å². The molecule has 0 aliphatic carbocycles. The summed E-state index contributed by atoms with van der Waals surface area (Å²) in [6.45, 7) is 2.10. The number of carbonyl (C=O) groups excluding carboxylic acids is 2. The number of aromatic amines is 1. The average Bonchev–Trinajstić information content (AvgIpc) is 3.42. The molecule has 1 N–H and O–H groups in total. The van der Waals surface area contributed by atoms with Crippen molar-refractivity contribution in [2.45, 2.75) is 45.1 Å². The maximum Gasteiger partial charge on any atom is 0.223 e. The van der Waals surface area contributed by atoms with Crippen LogP contribution in [0.3, 0.4) is 0 Å². The van der Waals surface area contributed by atoms with Crippen molar-refractivity contribution in [3.05, 3.63) is 83.1 Å². The van der Waals surface area contributed by atoms with Gasteiger partial charge in [0.25, 0.3) is 0 Å². The standard InChI is InChI=1S/C29H35ClN4O3/c1-33(20-23-8-3-2-4-9-23)28(36)17-29(22-37-26-12-6-11-25(30)16-26)14-7-15-34(21-29)27(35)13-5-10-24-18-31-32-19-24/h2-4,6,8-9,11-12,16,18-19H,5,7,10,13-15,17,20-22H2,1H3,(H,31,32)/t29-/m1/s1. The van der Waals surface area contributed by atoms with E-state index in [0.29, 0.717) is 49.9 Å². The lowest BCUT2D eigenvalue weighted by molar-refractivity contribution is -0.141. The highest BCUT2D eigenvalue weighted by Gasteiger charge is 2.40. The van der Waals surface area contributed by atoms with Gasteiger partial charge in [0.15, 0.2) is 0 Å². The Labute approximate surface area is 223 Å². The topological polar surface area (TPSA) is 78.5 Å². The van der Waals surface area contributed by atoms with E-state index in [9.17, 15) is 9.59 Å². The molecule has 1 fully saturated rings. The maximum absolute atomic E-state index is 13.4. The number of H-pyrrole nitrogens is 1. The Kier molecular flexibility index (Phi) is 9.23. The molecule has 2 aromatic carbocycles. The summed E-state index contributed by atoms with van der Waals surface area (Å²) in [6.07, 6.45) is 7.66. The van der Waals surface area contributed by atoms with Crippen molar-refractivity contribution in [2.24, 2.45) is 5.41 Å². The molecule has 0 spiro atoms. The van der Waals surface area contributed by atoms with Crippen LogP contribution in [0.25, 0.3) is 0 Å². The van der Waals surface area contributed by atoms with E-state index in [-0.39, 0.29) is 11.8 Å². The highest BCUT2D eigenvalue weighted by molar-refractivity contribution is 6.30. The van der Waals surface area contributed by atoms with Crippen LogP contribution in [0.5, 0.6) is 5.75 Å². The molecule has 1 saturated heterocycles. The highest BCUT2D eigenvalue weighted by Crippen LogP contribution is 2.36. The first-order chi connectivity index (χ1) is 17.9. The molecule has 1 aliphatic rings. The van der Waals surface area contributed by atoms with E-state index in [1.807, 2.05) is 60.6 Å². The second kappa shape index (κ2) is 12.8. The molecular formula is C29H35ClN4O3. The Bertz CT molecular complexity index is 1150. The third-order valence-electron chi connectivity index (χ3n) is 6.98. The predicted molar refractivity (Wildman–Crippen MR) is 144 cm³/mol. The molecule has 196 valence electrons. The third-order valence-corrected chi connectivity index (χ3v) is 7.22. The quantitative estimate of drug-likeness (QED) is 0.379. The van der Waals surface area contributed by atoms with Crippen LogP contribution in [0.15, 0.2) is 67.0 Å². The van der Waals surface area contributed by atoms with Gasteiger partial charge in [0, 0.05) is 56.2 Å². The number of amides is 2. The fourth-order valence-electron chi connectivity index (χ4n) is 4.94. The molecule has 2 amide bonds. The molecular weight excluding hydrogens is 488 g/mol. The Morgan fingerprint density at radius 1 is 1.16 bits per heavy atom. The fourth-order valence-corrected chi connectivity index (χ4v) is 5.12. The summed E-state index contributed by atoms with van der Waals surface area (Å²) in [5.74, 6) is 0.841. The van der Waals surface area contributed by atoms with Crippen LogP contribution < -0.4 is 4.74 Å². The number of ether oxygens (including phenoxy) is 1. The van der Waals surface area contributed by atoms with Crippen LogP contribution in [0, 0.1) is 5.41 Å². The number of carbonyl (C=O) groups is 2. The van der Waals surface area contributed by atoms with Gasteiger partial charge in [-0.25, -0.2) is 0 Å². The van der Waals surface area contributed by atoms with Crippen molar-refractivity contribution >= 4 is 23.4 Å². The number of nitrogens with zero attached hydrogens (tertiary/aromatic N) is 3. The number of aryl methyl sites for hydroxylation is 1. The molecule has 0 unspecified atom stereocenters. The number of rotatable bonds is 11. The molecule has 1 aromatic heterocycles. The third kappa shape index (κ3) is 7.83. The van der Waals surface area contributed by atoms with E-state index in [4.69, 9.17) is 16.3 Å². The summed E-state index contributed by atoms with van der Waals surface area (Å²) >= 11 is 6.15. The molecule has 1 atom stereocenters. The molecule has 0 saturated carbocycles. The normalized spacial score (nSPS) is 17.4. The van der Waals surface area contributed by atoms with Crippen molar-refractivity contribution in [2.75, 3.05) is 26.7 Å². The number of hydrogen-bond acceptors (Lipinski definition) is 4. The number of aromatic nitrogens is 2. The van der Waals surface area contributed by atoms with Gasteiger partial charge < -0.3 is 14.5 Å². The van der Waals surface area contributed by atoms with E-state index >= 15 is 0 Å². The molecule has 37 heavy (non-hydrogen) atoms. The molecule has 4 rings (SSSR count). The van der Waals surface area contributed by atoms with Gasteiger partial charge >= 0.3 is 0 Å². The van der Waals surface area contributed by atoms with Crippen LogP contribution in [0.1, 0.15) is 43.2 Å². The molecule has 2 heterocycles. The lowest BCUT2D eigenvalue weighted by Crippen LogP contribution is -2.50. The first-order valence-electron chi connectivity index (χ1n) is 12.8. The Balaban J connectivity index is 1.43. The number of nitrogens with one attached hydrogen (secondary N) is 1. The summed E-state index contributed by atoms with van der Waals surface area (Å²) in [7, 11) is 1.84. The van der Waals surface area contributed by atoms with Gasteiger partial charge in [0.1, 0.15) is 5.75 Å². The minimum Gasteiger partial charge on any atom is -0.493 e. The smallest absolute Gasteiger partial charge is 0.223 e. The highest BCUT2D eigenvalue weighted by atomic mass is 35.5. The predicted octanol–water partition coefficient (Wildman–Crippen LogP) is 5.12. The van der Waals surface area contributed by atoms with Gasteiger partial charge in [-0.1, -0.05) is 48.0 Å². The molecule has 0 bridgehead atoms. The van der Waals surface area contributed by atoms with Crippen LogP contribution >= 0.6 is 11.6 Å². The second-order valence-electron chi connectivity index (χ2n) is 10.0. The number of benzene rings is 2. The average molecular weight is 523 g/mol. The molecule has 0 radical (unpaired) electrons. The maximum atomic E-state index is 13.4. The van der Waals surface area contributed by atoms with Crippen molar-refractivity contribution in [1.82, 2.24) is 20.0 Å². The van der Waals surface area contributed by atoms with Crippen molar-refractivity contribution in [3.63, 3.8) is 0 Å². The van der Waals surface area contributed by atoms with E-state index in [0.717, 1.165) is 36.8 Å². The monoisotopic (exact) mass is 522 g/mol. The molecule has 8 heteroatoms. The SMILES string of the molecule is CN(Cc1ccccc1)C(=O)C[C@]1(COc2cccc(Cl)c2)CCCN(C(=O)CCCc2cn[nH]c2)C1. The largest absolute Gasteiger partial charge is 0.493 e. The Morgan fingerprint density at radius 3 is 2.76 bits per heavy atom. The van der Waals surface area contributed by atoms with Gasteiger partial charge in [-0.3, -0.25) is 14.7 Å². The minimum atomic E-state index is -0.469. The number of hydrogen-bond donors (Lipinski definition) is 1. The summed E-state index contributed by atoms with van der Waals surface area (Å²) in [5.41, 5.74) is 1.71. The van der Waals surface area contributed by atoms with E-state index in [1.165, 1.54) is 0 Å². The van der Waals surface area contributed by atoms with Gasteiger partial charge in [0.05, 0.1) is 12.8 Å². The molecule has 7 nitrogen and oxygen atoms in total. The number of likely N-dealkylation sites (tertiary alicyclic amines) is 1. The zero-order chi connectivity index (χ0) is 26.1. The van der Waals surface area contributed by atoms with E-state index < -0.39 is 5.41 Å². The summed E-state index contributed by atoms with van der Waals surface area (Å²) in [6, 6.07) is 17.3. The number of halogens is 1. The summed E-state index contributed by atoms with van der Waals surface area (Å²) < 4.78 is 6.18. The van der Waals surface area contributed by atoms with Crippen LogP contribution in [-0.4, -0.2) is 58.6 Å². The van der Waals surface area contributed by atoms with Gasteiger partial charge in [-0.2, -0.15) is 5.10 Å².